The topological polar surface area (TPSA) is 38.3 Å². The average molecular weight is 237 g/mol. The van der Waals surface area contributed by atoms with Crippen LogP contribution in [0.25, 0.3) is 0 Å². The van der Waals surface area contributed by atoms with Crippen molar-refractivity contribution in [2.45, 2.75) is 18.8 Å². The SMILES string of the molecule is COC(=O)c1ccc(C2CCCNC2)c(F)c1. The highest BCUT2D eigenvalue weighted by atomic mass is 19.1. The number of benzene rings is 1. The highest BCUT2D eigenvalue weighted by molar-refractivity contribution is 5.89. The quantitative estimate of drug-likeness (QED) is 0.800. The minimum atomic E-state index is -0.503. The van der Waals surface area contributed by atoms with Gasteiger partial charge in [-0.25, -0.2) is 9.18 Å². The molecule has 1 aliphatic rings. The fourth-order valence-electron chi connectivity index (χ4n) is 2.22. The fourth-order valence-corrected chi connectivity index (χ4v) is 2.22. The second-order valence-corrected chi connectivity index (χ2v) is 4.27. The first-order valence-electron chi connectivity index (χ1n) is 5.81. The van der Waals surface area contributed by atoms with Gasteiger partial charge >= 0.3 is 5.97 Å². The molecule has 0 saturated carbocycles. The largest absolute Gasteiger partial charge is 0.465 e. The lowest BCUT2D eigenvalue weighted by Crippen LogP contribution is -2.28. The molecule has 1 heterocycles. The molecule has 1 fully saturated rings. The Labute approximate surface area is 100.0 Å². The van der Waals surface area contributed by atoms with Crippen molar-refractivity contribution in [1.82, 2.24) is 5.32 Å². The molecule has 0 bridgehead atoms. The zero-order valence-electron chi connectivity index (χ0n) is 9.83. The van der Waals surface area contributed by atoms with Gasteiger partial charge in [0.05, 0.1) is 12.7 Å². The first kappa shape index (κ1) is 12.0. The minimum Gasteiger partial charge on any atom is -0.465 e. The molecule has 0 aliphatic carbocycles. The molecule has 0 spiro atoms. The summed E-state index contributed by atoms with van der Waals surface area (Å²) in [5.41, 5.74) is 0.947. The normalized spacial score (nSPS) is 20.0. The van der Waals surface area contributed by atoms with Crippen LogP contribution in [-0.2, 0) is 4.74 Å². The van der Waals surface area contributed by atoms with Crippen molar-refractivity contribution in [2.75, 3.05) is 20.2 Å². The van der Waals surface area contributed by atoms with Crippen molar-refractivity contribution in [3.05, 3.63) is 35.1 Å². The van der Waals surface area contributed by atoms with Crippen LogP contribution in [0.15, 0.2) is 18.2 Å². The number of hydrogen-bond acceptors (Lipinski definition) is 3. The number of piperidine rings is 1. The van der Waals surface area contributed by atoms with E-state index in [-0.39, 0.29) is 17.3 Å². The number of carbonyl (C=O) groups excluding carboxylic acids is 1. The summed E-state index contributed by atoms with van der Waals surface area (Å²) < 4.78 is 18.5. The van der Waals surface area contributed by atoms with Crippen LogP contribution >= 0.6 is 0 Å². The summed E-state index contributed by atoms with van der Waals surface area (Å²) in [4.78, 5) is 11.3. The van der Waals surface area contributed by atoms with Crippen molar-refractivity contribution in [3.63, 3.8) is 0 Å². The fraction of sp³-hybridized carbons (Fsp3) is 0.462. The highest BCUT2D eigenvalue weighted by Gasteiger charge is 2.19. The molecule has 0 radical (unpaired) electrons. The predicted octanol–water partition coefficient (Wildman–Crippen LogP) is 2.08. The van der Waals surface area contributed by atoms with Crippen LogP contribution < -0.4 is 5.32 Å². The van der Waals surface area contributed by atoms with Gasteiger partial charge in [0.2, 0.25) is 0 Å². The van der Waals surface area contributed by atoms with E-state index in [1.165, 1.54) is 13.2 Å². The zero-order chi connectivity index (χ0) is 12.3. The molecule has 1 aliphatic heterocycles. The van der Waals surface area contributed by atoms with Crippen LogP contribution in [0.2, 0.25) is 0 Å². The third kappa shape index (κ3) is 2.64. The predicted molar refractivity (Wildman–Crippen MR) is 62.6 cm³/mol. The van der Waals surface area contributed by atoms with Crippen LogP contribution in [0.1, 0.15) is 34.7 Å². The molecular weight excluding hydrogens is 221 g/mol. The summed E-state index contributed by atoms with van der Waals surface area (Å²) >= 11 is 0. The number of ether oxygens (including phenoxy) is 1. The lowest BCUT2D eigenvalue weighted by Gasteiger charge is -2.23. The van der Waals surface area contributed by atoms with Gasteiger partial charge in [0.1, 0.15) is 5.82 Å². The lowest BCUT2D eigenvalue weighted by atomic mass is 9.90. The van der Waals surface area contributed by atoms with Crippen molar-refractivity contribution >= 4 is 5.97 Å². The van der Waals surface area contributed by atoms with E-state index in [0.717, 1.165) is 25.9 Å². The van der Waals surface area contributed by atoms with E-state index in [0.29, 0.717) is 5.56 Å². The Hall–Kier alpha value is -1.42. The minimum absolute atomic E-state index is 0.204. The van der Waals surface area contributed by atoms with Crippen molar-refractivity contribution in [3.8, 4) is 0 Å². The average Bonchev–Trinajstić information content (AvgIpc) is 2.38. The Balaban J connectivity index is 2.21. The summed E-state index contributed by atoms with van der Waals surface area (Å²) in [5.74, 6) is -0.616. The van der Waals surface area contributed by atoms with Gasteiger partial charge in [0.15, 0.2) is 0 Å². The number of esters is 1. The van der Waals surface area contributed by atoms with E-state index < -0.39 is 5.97 Å². The molecule has 2 rings (SSSR count). The van der Waals surface area contributed by atoms with Crippen LogP contribution in [-0.4, -0.2) is 26.2 Å². The van der Waals surface area contributed by atoms with E-state index in [1.807, 2.05) is 0 Å². The van der Waals surface area contributed by atoms with E-state index >= 15 is 0 Å². The van der Waals surface area contributed by atoms with E-state index in [2.05, 4.69) is 10.1 Å². The smallest absolute Gasteiger partial charge is 0.337 e. The van der Waals surface area contributed by atoms with Crippen LogP contribution in [0, 0.1) is 5.82 Å². The maximum Gasteiger partial charge on any atom is 0.337 e. The second kappa shape index (κ2) is 5.27. The maximum atomic E-state index is 13.9. The second-order valence-electron chi connectivity index (χ2n) is 4.27. The van der Waals surface area contributed by atoms with Gasteiger partial charge in [-0.15, -0.1) is 0 Å². The Bertz CT molecular complexity index is 414. The Morgan fingerprint density at radius 2 is 2.35 bits per heavy atom. The molecule has 0 amide bonds. The zero-order valence-corrected chi connectivity index (χ0v) is 9.83. The van der Waals surface area contributed by atoms with Gasteiger partial charge < -0.3 is 10.1 Å². The summed E-state index contributed by atoms with van der Waals surface area (Å²) in [6.45, 7) is 1.80. The maximum absolute atomic E-state index is 13.9. The standard InChI is InChI=1S/C13H16FNO2/c1-17-13(16)9-4-5-11(12(14)7-9)10-3-2-6-15-8-10/h4-5,7,10,15H,2-3,6,8H2,1H3. The molecule has 0 aromatic heterocycles. The van der Waals surface area contributed by atoms with Gasteiger partial charge in [-0.05, 0) is 43.0 Å². The molecule has 3 nitrogen and oxygen atoms in total. The van der Waals surface area contributed by atoms with E-state index in [4.69, 9.17) is 0 Å². The summed E-state index contributed by atoms with van der Waals surface area (Å²) in [6, 6.07) is 4.58. The van der Waals surface area contributed by atoms with Gasteiger partial charge in [0.25, 0.3) is 0 Å². The van der Waals surface area contributed by atoms with E-state index in [1.54, 1.807) is 12.1 Å². The number of hydrogen-bond donors (Lipinski definition) is 1. The number of carbonyl (C=O) groups is 1. The van der Waals surface area contributed by atoms with Crippen LogP contribution in [0.3, 0.4) is 0 Å². The molecule has 1 N–H and O–H groups in total. The summed E-state index contributed by atoms with van der Waals surface area (Å²) in [5, 5.41) is 3.25. The number of halogens is 1. The number of nitrogens with one attached hydrogen (secondary N) is 1. The molecule has 1 aromatic carbocycles. The van der Waals surface area contributed by atoms with Gasteiger partial charge in [-0.3, -0.25) is 0 Å². The number of rotatable bonds is 2. The summed E-state index contributed by atoms with van der Waals surface area (Å²) in [6.07, 6.45) is 2.05. The van der Waals surface area contributed by atoms with Gasteiger partial charge in [-0.1, -0.05) is 6.07 Å². The molecule has 92 valence electrons. The highest BCUT2D eigenvalue weighted by Crippen LogP contribution is 2.26. The molecular formula is C13H16FNO2. The van der Waals surface area contributed by atoms with Crippen LogP contribution in [0.5, 0.6) is 0 Å². The Morgan fingerprint density at radius 1 is 1.53 bits per heavy atom. The van der Waals surface area contributed by atoms with Gasteiger partial charge in [0, 0.05) is 6.54 Å². The van der Waals surface area contributed by atoms with Crippen molar-refractivity contribution < 1.29 is 13.9 Å². The third-order valence-electron chi connectivity index (χ3n) is 3.16. The van der Waals surface area contributed by atoms with Crippen molar-refractivity contribution in [1.29, 1.82) is 0 Å². The Morgan fingerprint density at radius 3 is 2.94 bits per heavy atom. The van der Waals surface area contributed by atoms with Crippen molar-refractivity contribution in [2.24, 2.45) is 0 Å². The number of methoxy groups -OCH3 is 1. The summed E-state index contributed by atoms with van der Waals surface area (Å²) in [7, 11) is 1.29. The molecule has 4 heteroatoms. The first-order valence-corrected chi connectivity index (χ1v) is 5.81. The van der Waals surface area contributed by atoms with Crippen LogP contribution in [0.4, 0.5) is 4.39 Å². The molecule has 1 atom stereocenters. The molecule has 17 heavy (non-hydrogen) atoms. The monoisotopic (exact) mass is 237 g/mol. The Kier molecular flexibility index (Phi) is 3.74. The van der Waals surface area contributed by atoms with E-state index in [9.17, 15) is 9.18 Å². The third-order valence-corrected chi connectivity index (χ3v) is 3.16. The molecule has 1 saturated heterocycles. The van der Waals surface area contributed by atoms with Gasteiger partial charge in [-0.2, -0.15) is 0 Å². The molecule has 1 aromatic rings. The molecule has 1 unspecified atom stereocenters. The lowest BCUT2D eigenvalue weighted by molar-refractivity contribution is 0.0600. The first-order chi connectivity index (χ1) is 8.22.